The van der Waals surface area contributed by atoms with E-state index in [1.165, 1.54) is 43.9 Å². The molecule has 0 bridgehead atoms. The number of nitrogens with zero attached hydrogens (tertiary/aromatic N) is 3. The molecule has 0 radical (unpaired) electrons. The molecule has 1 N–H and O–H groups in total. The molecule has 182 valence electrons. The highest BCUT2D eigenvalue weighted by Crippen LogP contribution is 2.32. The number of thioether (sulfide) groups is 1. The Bertz CT molecular complexity index is 826. The minimum absolute atomic E-state index is 0.103. The predicted molar refractivity (Wildman–Crippen MR) is 138 cm³/mol. The number of carbonyl (C=O) groups is 2. The van der Waals surface area contributed by atoms with Crippen molar-refractivity contribution in [2.24, 2.45) is 0 Å². The summed E-state index contributed by atoms with van der Waals surface area (Å²) < 4.78 is 0. The summed E-state index contributed by atoms with van der Waals surface area (Å²) in [7, 11) is 1.61. The number of hydrogen-bond acceptors (Lipinski definition) is 5. The summed E-state index contributed by atoms with van der Waals surface area (Å²) in [5, 5.41) is 2.76. The van der Waals surface area contributed by atoms with Gasteiger partial charge in [0.25, 0.3) is 11.1 Å². The molecule has 0 unspecified atom stereocenters. The Kier molecular flexibility index (Phi) is 12.2. The second kappa shape index (κ2) is 14.9. The topological polar surface area (TPSA) is 75.2 Å². The molecule has 0 atom stereocenters. The molecule has 6 nitrogen and oxygen atoms in total. The van der Waals surface area contributed by atoms with Crippen LogP contribution in [-0.4, -0.2) is 46.2 Å². The number of amides is 2. The second-order valence-electron chi connectivity index (χ2n) is 8.57. The molecule has 2 heterocycles. The van der Waals surface area contributed by atoms with E-state index in [-0.39, 0.29) is 17.1 Å². The zero-order valence-electron chi connectivity index (χ0n) is 20.7. The lowest BCUT2D eigenvalue weighted by atomic mass is 9.91. The van der Waals surface area contributed by atoms with Crippen molar-refractivity contribution in [3.8, 4) is 0 Å². The van der Waals surface area contributed by atoms with E-state index < -0.39 is 0 Å². The van der Waals surface area contributed by atoms with Crippen LogP contribution in [0.4, 0.5) is 4.79 Å². The Morgan fingerprint density at radius 2 is 1.82 bits per heavy atom. The van der Waals surface area contributed by atoms with Crippen molar-refractivity contribution in [3.05, 3.63) is 46.4 Å². The standard InChI is InChI=1S/C19H24N4O2S.C7H16/c1-13-21-12-16(18(24)20-2)17(22-13)14-8-10-23(11-9-14)19(25)26-15-6-4-3-5-7-15;1-3-5-7-6-4-2/h4,6-7,12,14H,3,5,8-11H2,1-2H3,(H,20,24);3-7H2,1-2H3. The molecular weight excluding hydrogens is 432 g/mol. The number of aryl methyl sites for hydroxylation is 1. The third-order valence-electron chi connectivity index (χ3n) is 5.92. The van der Waals surface area contributed by atoms with Crippen molar-refractivity contribution in [3.63, 3.8) is 0 Å². The van der Waals surface area contributed by atoms with E-state index in [9.17, 15) is 9.59 Å². The minimum atomic E-state index is -0.162. The van der Waals surface area contributed by atoms with Crippen LogP contribution in [0.3, 0.4) is 0 Å². The van der Waals surface area contributed by atoms with Crippen LogP contribution in [0.15, 0.2) is 29.3 Å². The lowest BCUT2D eigenvalue weighted by Gasteiger charge is -2.32. The summed E-state index contributed by atoms with van der Waals surface area (Å²) in [4.78, 5) is 36.2. The summed E-state index contributed by atoms with van der Waals surface area (Å²) in [5.74, 6) is 0.676. The Morgan fingerprint density at radius 3 is 2.39 bits per heavy atom. The van der Waals surface area contributed by atoms with E-state index in [4.69, 9.17) is 0 Å². The number of carbonyl (C=O) groups excluding carboxylic acids is 2. The number of aromatic nitrogens is 2. The summed E-state index contributed by atoms with van der Waals surface area (Å²) >= 11 is 1.31. The smallest absolute Gasteiger partial charge is 0.286 e. The fraction of sp³-hybridized carbons (Fsp3) is 0.615. The molecule has 0 spiro atoms. The maximum absolute atomic E-state index is 12.5. The molecule has 7 heteroatoms. The predicted octanol–water partition coefficient (Wildman–Crippen LogP) is 6.39. The first-order valence-corrected chi connectivity index (χ1v) is 13.2. The molecule has 3 rings (SSSR count). The molecule has 33 heavy (non-hydrogen) atoms. The lowest BCUT2D eigenvalue weighted by molar-refractivity contribution is 0.0959. The number of nitrogens with one attached hydrogen (secondary N) is 1. The first-order valence-electron chi connectivity index (χ1n) is 12.4. The molecule has 1 aromatic heterocycles. The van der Waals surface area contributed by atoms with Crippen LogP contribution in [-0.2, 0) is 0 Å². The fourth-order valence-electron chi connectivity index (χ4n) is 3.95. The SMILES string of the molecule is CCCCCCC.CNC(=O)c1cnc(C)nc1C1CCN(C(=O)SC2=CCCC=C2)CC1. The van der Waals surface area contributed by atoms with E-state index in [0.717, 1.165) is 36.3 Å². The maximum atomic E-state index is 12.5. The number of piperidine rings is 1. The summed E-state index contributed by atoms with van der Waals surface area (Å²) in [6.45, 7) is 7.69. The van der Waals surface area contributed by atoms with E-state index in [2.05, 4.69) is 41.3 Å². The average molecular weight is 473 g/mol. The van der Waals surface area contributed by atoms with Crippen molar-refractivity contribution in [2.45, 2.75) is 84.5 Å². The van der Waals surface area contributed by atoms with Crippen molar-refractivity contribution in [1.82, 2.24) is 20.2 Å². The molecule has 1 aliphatic carbocycles. The van der Waals surface area contributed by atoms with Gasteiger partial charge in [0.05, 0.1) is 11.3 Å². The van der Waals surface area contributed by atoms with Gasteiger partial charge in [0, 0.05) is 37.2 Å². The van der Waals surface area contributed by atoms with Crippen LogP contribution < -0.4 is 5.32 Å². The quantitative estimate of drug-likeness (QED) is 0.466. The van der Waals surface area contributed by atoms with Crippen LogP contribution in [0, 0.1) is 6.92 Å². The van der Waals surface area contributed by atoms with Crippen LogP contribution >= 0.6 is 11.8 Å². The van der Waals surface area contributed by atoms with E-state index in [0.29, 0.717) is 24.5 Å². The third kappa shape index (κ3) is 8.95. The Morgan fingerprint density at radius 1 is 1.12 bits per heavy atom. The summed E-state index contributed by atoms with van der Waals surface area (Å²) in [6, 6.07) is 0. The first kappa shape index (κ1) is 27.1. The van der Waals surface area contributed by atoms with Gasteiger partial charge >= 0.3 is 0 Å². The highest BCUT2D eigenvalue weighted by atomic mass is 32.2. The molecule has 0 saturated carbocycles. The van der Waals surface area contributed by atoms with E-state index >= 15 is 0 Å². The monoisotopic (exact) mass is 472 g/mol. The van der Waals surface area contributed by atoms with Gasteiger partial charge in [-0.05, 0) is 44.4 Å². The van der Waals surface area contributed by atoms with Gasteiger partial charge in [0.15, 0.2) is 0 Å². The Labute approximate surface area is 203 Å². The molecular formula is C26H40N4O2S. The lowest BCUT2D eigenvalue weighted by Crippen LogP contribution is -2.36. The van der Waals surface area contributed by atoms with Gasteiger partial charge in [-0.3, -0.25) is 9.59 Å². The molecule has 2 aliphatic rings. The fourth-order valence-corrected chi connectivity index (χ4v) is 4.83. The number of unbranched alkanes of at least 4 members (excludes halogenated alkanes) is 4. The average Bonchev–Trinajstić information content (AvgIpc) is 2.85. The zero-order valence-corrected chi connectivity index (χ0v) is 21.5. The molecule has 1 aliphatic heterocycles. The van der Waals surface area contributed by atoms with Gasteiger partial charge in [0.2, 0.25) is 0 Å². The number of allylic oxidation sites excluding steroid dienone is 3. The summed E-state index contributed by atoms with van der Waals surface area (Å²) in [6.07, 6.45) is 18.5. The van der Waals surface area contributed by atoms with Gasteiger partial charge in [-0.2, -0.15) is 0 Å². The maximum Gasteiger partial charge on any atom is 0.286 e. The Balaban J connectivity index is 0.000000479. The second-order valence-corrected chi connectivity index (χ2v) is 9.60. The largest absolute Gasteiger partial charge is 0.355 e. The molecule has 2 amide bonds. The molecule has 0 aromatic carbocycles. The van der Waals surface area contributed by atoms with Gasteiger partial charge in [0.1, 0.15) is 5.82 Å². The van der Waals surface area contributed by atoms with Crippen molar-refractivity contribution in [2.75, 3.05) is 20.1 Å². The van der Waals surface area contributed by atoms with Crippen molar-refractivity contribution < 1.29 is 9.59 Å². The van der Waals surface area contributed by atoms with E-state index in [1.54, 1.807) is 13.2 Å². The Hall–Kier alpha value is -2.15. The molecule has 1 saturated heterocycles. The van der Waals surface area contributed by atoms with Crippen molar-refractivity contribution >= 4 is 22.9 Å². The van der Waals surface area contributed by atoms with Crippen LogP contribution in [0.2, 0.25) is 0 Å². The third-order valence-corrected chi connectivity index (χ3v) is 6.89. The zero-order chi connectivity index (χ0) is 24.1. The first-order chi connectivity index (χ1) is 16.0. The van der Waals surface area contributed by atoms with Crippen LogP contribution in [0.25, 0.3) is 0 Å². The highest BCUT2D eigenvalue weighted by molar-refractivity contribution is 8.17. The normalized spacial score (nSPS) is 16.0. The minimum Gasteiger partial charge on any atom is -0.355 e. The van der Waals surface area contributed by atoms with Crippen LogP contribution in [0.5, 0.6) is 0 Å². The summed E-state index contributed by atoms with van der Waals surface area (Å²) in [5.41, 5.74) is 1.34. The van der Waals surface area contributed by atoms with Crippen molar-refractivity contribution in [1.29, 1.82) is 0 Å². The van der Waals surface area contributed by atoms with E-state index in [1.807, 2.05) is 17.9 Å². The van der Waals surface area contributed by atoms with Gasteiger partial charge in [-0.25, -0.2) is 9.97 Å². The highest BCUT2D eigenvalue weighted by Gasteiger charge is 2.28. The molecule has 1 fully saturated rings. The number of rotatable bonds is 7. The number of hydrogen-bond donors (Lipinski definition) is 1. The number of likely N-dealkylation sites (tertiary alicyclic amines) is 1. The van der Waals surface area contributed by atoms with Crippen LogP contribution in [0.1, 0.15) is 99.4 Å². The molecule has 1 aromatic rings. The van der Waals surface area contributed by atoms with Gasteiger partial charge in [-0.1, -0.05) is 64.2 Å². The van der Waals surface area contributed by atoms with Gasteiger partial charge in [-0.15, -0.1) is 0 Å². The van der Waals surface area contributed by atoms with Gasteiger partial charge < -0.3 is 10.2 Å².